The first-order valence-corrected chi connectivity index (χ1v) is 7.13. The summed E-state index contributed by atoms with van der Waals surface area (Å²) in [4.78, 5) is 22.9. The van der Waals surface area contributed by atoms with Crippen LogP contribution in [0.5, 0.6) is 0 Å². The quantitative estimate of drug-likeness (QED) is 0.650. The Labute approximate surface area is 123 Å². The fourth-order valence-corrected chi connectivity index (χ4v) is 2.73. The van der Waals surface area contributed by atoms with Crippen molar-refractivity contribution in [1.29, 1.82) is 0 Å². The molecule has 0 bridgehead atoms. The molecule has 0 radical (unpaired) electrons. The molecule has 0 aromatic heterocycles. The van der Waals surface area contributed by atoms with Crippen molar-refractivity contribution in [2.75, 3.05) is 6.61 Å². The first kappa shape index (κ1) is 15.7. The number of hydrogen-bond donors (Lipinski definition) is 3. The zero-order chi connectivity index (χ0) is 15.6. The average molecular weight is 295 g/mol. The predicted molar refractivity (Wildman–Crippen MR) is 74.6 cm³/mol. The summed E-state index contributed by atoms with van der Waals surface area (Å²) >= 11 is 0. The molecule has 21 heavy (non-hydrogen) atoms. The average Bonchev–Trinajstić information content (AvgIpc) is 2.80. The maximum Gasteiger partial charge on any atom is 0.339 e. The van der Waals surface area contributed by atoms with E-state index in [0.717, 1.165) is 0 Å². The third-order valence-corrected chi connectivity index (χ3v) is 4.26. The summed E-state index contributed by atoms with van der Waals surface area (Å²) < 4.78 is 5.14. The highest BCUT2D eigenvalue weighted by molar-refractivity contribution is 5.93. The largest absolute Gasteiger partial charge is 0.423 e. The molecule has 1 heterocycles. The number of aliphatic hydroxyl groups excluding tert-OH is 1. The molecule has 0 unspecified atom stereocenters. The summed E-state index contributed by atoms with van der Waals surface area (Å²) in [5.41, 5.74) is 4.71. The van der Waals surface area contributed by atoms with Gasteiger partial charge in [0.25, 0.3) is 0 Å². The fraction of sp³-hybridized carbons (Fsp3) is 0.600. The first-order chi connectivity index (χ1) is 9.84. The van der Waals surface area contributed by atoms with E-state index in [1.165, 1.54) is 6.08 Å². The molecule has 1 aliphatic carbocycles. The lowest BCUT2D eigenvalue weighted by molar-refractivity contribution is -0.134. The van der Waals surface area contributed by atoms with Crippen LogP contribution in [0.15, 0.2) is 23.5 Å². The van der Waals surface area contributed by atoms with Gasteiger partial charge in [-0.15, -0.1) is 0 Å². The van der Waals surface area contributed by atoms with Crippen LogP contribution in [0.1, 0.15) is 32.6 Å². The van der Waals surface area contributed by atoms with Gasteiger partial charge in [0.15, 0.2) is 0 Å². The number of hydrogen-bond acceptors (Lipinski definition) is 5. The van der Waals surface area contributed by atoms with Gasteiger partial charge in [-0.3, -0.25) is 4.79 Å². The van der Waals surface area contributed by atoms with Gasteiger partial charge in [-0.25, -0.2) is 4.79 Å². The van der Waals surface area contributed by atoms with Crippen LogP contribution >= 0.6 is 0 Å². The van der Waals surface area contributed by atoms with E-state index in [0.29, 0.717) is 37.0 Å². The Morgan fingerprint density at radius 1 is 1.57 bits per heavy atom. The summed E-state index contributed by atoms with van der Waals surface area (Å²) in [6.07, 6.45) is 5.33. The number of nitrogens with two attached hydrogens (primary N) is 1. The molecule has 6 heteroatoms. The van der Waals surface area contributed by atoms with E-state index in [9.17, 15) is 14.7 Å². The van der Waals surface area contributed by atoms with Crippen LogP contribution in [0, 0.1) is 11.8 Å². The van der Waals surface area contributed by atoms with Crippen molar-refractivity contribution in [3.05, 3.63) is 23.5 Å². The van der Waals surface area contributed by atoms with E-state index in [1.54, 1.807) is 13.0 Å². The molecule has 1 saturated carbocycles. The van der Waals surface area contributed by atoms with Crippen molar-refractivity contribution in [3.8, 4) is 0 Å². The van der Waals surface area contributed by atoms with Gasteiger partial charge in [-0.2, -0.15) is 0 Å². The van der Waals surface area contributed by atoms with Crippen LogP contribution < -0.4 is 5.73 Å². The van der Waals surface area contributed by atoms with E-state index in [4.69, 9.17) is 15.6 Å². The second kappa shape index (κ2) is 5.99. The van der Waals surface area contributed by atoms with Gasteiger partial charge < -0.3 is 20.7 Å². The smallest absolute Gasteiger partial charge is 0.339 e. The number of amides is 1. The molecule has 2 aliphatic rings. The van der Waals surface area contributed by atoms with Crippen LogP contribution in [0.4, 0.5) is 0 Å². The second-order valence-electron chi connectivity index (χ2n) is 5.91. The second-order valence-corrected chi connectivity index (χ2v) is 5.91. The molecule has 0 aromatic carbocycles. The van der Waals surface area contributed by atoms with Crippen molar-refractivity contribution < 1.29 is 24.5 Å². The highest BCUT2D eigenvalue weighted by atomic mass is 16.5. The number of rotatable bonds is 4. The molecule has 1 amide bonds. The zero-order valence-electron chi connectivity index (χ0n) is 12.0. The Morgan fingerprint density at radius 2 is 2.19 bits per heavy atom. The number of esters is 1. The van der Waals surface area contributed by atoms with Crippen molar-refractivity contribution >= 4 is 11.9 Å². The van der Waals surface area contributed by atoms with Gasteiger partial charge in [-0.1, -0.05) is 0 Å². The van der Waals surface area contributed by atoms with Gasteiger partial charge in [-0.05, 0) is 50.7 Å². The van der Waals surface area contributed by atoms with Crippen LogP contribution in [-0.2, 0) is 14.3 Å². The molecule has 116 valence electrons. The van der Waals surface area contributed by atoms with Gasteiger partial charge in [0.2, 0.25) is 5.91 Å². The Morgan fingerprint density at radius 3 is 2.71 bits per heavy atom. The summed E-state index contributed by atoms with van der Waals surface area (Å²) in [6, 6.07) is 0. The molecule has 0 spiro atoms. The van der Waals surface area contributed by atoms with Crippen LogP contribution in [0.25, 0.3) is 0 Å². The SMILES string of the molecule is C[C@@H](/C=C1/C=C(C2CCC(O)(CO)CC2)C(=O)O1)C(N)=O. The normalized spacial score (nSPS) is 32.7. The maximum atomic E-state index is 11.9. The van der Waals surface area contributed by atoms with E-state index in [2.05, 4.69) is 0 Å². The van der Waals surface area contributed by atoms with Crippen molar-refractivity contribution in [2.24, 2.45) is 17.6 Å². The summed E-state index contributed by atoms with van der Waals surface area (Å²) in [5.74, 6) is -1.03. The van der Waals surface area contributed by atoms with Gasteiger partial charge in [0.05, 0.1) is 18.1 Å². The molecule has 1 atom stereocenters. The monoisotopic (exact) mass is 295 g/mol. The summed E-state index contributed by atoms with van der Waals surface area (Å²) in [7, 11) is 0. The van der Waals surface area contributed by atoms with Crippen molar-refractivity contribution in [1.82, 2.24) is 0 Å². The maximum absolute atomic E-state index is 11.9. The van der Waals surface area contributed by atoms with E-state index in [1.807, 2.05) is 0 Å². The van der Waals surface area contributed by atoms with E-state index < -0.39 is 23.4 Å². The number of primary amides is 1. The van der Waals surface area contributed by atoms with Gasteiger partial charge >= 0.3 is 5.97 Å². The summed E-state index contributed by atoms with van der Waals surface area (Å²) in [5, 5.41) is 19.1. The Kier molecular flexibility index (Phi) is 4.49. The number of carbonyl (C=O) groups excluding carboxylic acids is 2. The zero-order valence-corrected chi connectivity index (χ0v) is 12.0. The minimum absolute atomic E-state index is 0.0131. The third-order valence-electron chi connectivity index (χ3n) is 4.26. The fourth-order valence-electron chi connectivity index (χ4n) is 2.73. The molecular weight excluding hydrogens is 274 g/mol. The Bertz CT molecular complexity index is 500. The lowest BCUT2D eigenvalue weighted by Crippen LogP contribution is -2.38. The van der Waals surface area contributed by atoms with E-state index >= 15 is 0 Å². The van der Waals surface area contributed by atoms with Crippen LogP contribution in [0.3, 0.4) is 0 Å². The molecule has 1 fully saturated rings. The number of cyclic esters (lactones) is 1. The molecule has 0 aromatic rings. The molecule has 4 N–H and O–H groups in total. The molecular formula is C15H21NO5. The van der Waals surface area contributed by atoms with Crippen LogP contribution in [0.2, 0.25) is 0 Å². The standard InChI is InChI=1S/C15H21NO5/c1-9(13(16)18)6-11-7-12(14(19)21-11)10-2-4-15(20,8-17)5-3-10/h6-7,9-10,17,20H,2-5,8H2,1H3,(H2,16,18)/b11-6-/t9-,10?,15?/m0/s1. The molecule has 1 aliphatic heterocycles. The number of aliphatic hydroxyl groups is 2. The molecule has 2 rings (SSSR count). The van der Waals surface area contributed by atoms with Crippen molar-refractivity contribution in [3.63, 3.8) is 0 Å². The number of ether oxygens (including phenoxy) is 1. The number of allylic oxidation sites excluding steroid dienone is 1. The first-order valence-electron chi connectivity index (χ1n) is 7.13. The third kappa shape index (κ3) is 3.51. The Balaban J connectivity index is 2.07. The summed E-state index contributed by atoms with van der Waals surface area (Å²) in [6.45, 7) is 1.38. The van der Waals surface area contributed by atoms with Crippen LogP contribution in [-0.4, -0.2) is 34.3 Å². The predicted octanol–water partition coefficient (Wildman–Crippen LogP) is 0.388. The topological polar surface area (TPSA) is 110 Å². The van der Waals surface area contributed by atoms with Gasteiger partial charge in [0, 0.05) is 5.57 Å². The minimum Gasteiger partial charge on any atom is -0.423 e. The molecule has 0 saturated heterocycles. The lowest BCUT2D eigenvalue weighted by Gasteiger charge is -2.34. The highest BCUT2D eigenvalue weighted by Gasteiger charge is 2.37. The van der Waals surface area contributed by atoms with Gasteiger partial charge in [0.1, 0.15) is 5.76 Å². The lowest BCUT2D eigenvalue weighted by atomic mass is 9.76. The number of carbonyl (C=O) groups is 2. The Hall–Kier alpha value is -1.66. The van der Waals surface area contributed by atoms with E-state index in [-0.39, 0.29) is 12.5 Å². The minimum atomic E-state index is -1.03. The van der Waals surface area contributed by atoms with Crippen molar-refractivity contribution in [2.45, 2.75) is 38.2 Å². The molecule has 6 nitrogen and oxygen atoms in total. The highest BCUT2D eigenvalue weighted by Crippen LogP contribution is 2.38.